The van der Waals surface area contributed by atoms with E-state index in [9.17, 15) is 9.59 Å². The predicted octanol–water partition coefficient (Wildman–Crippen LogP) is 4.44. The molecule has 2 rings (SSSR count). The van der Waals surface area contributed by atoms with Crippen LogP contribution < -0.4 is 0 Å². The van der Waals surface area contributed by atoms with Gasteiger partial charge in [-0.2, -0.15) is 0 Å². The first-order valence-corrected chi connectivity index (χ1v) is 8.02. The number of ether oxygens (including phenoxy) is 1. The molecule has 0 heterocycles. The second kappa shape index (κ2) is 8.28. The van der Waals surface area contributed by atoms with Crippen LogP contribution in [0, 0.1) is 0 Å². The van der Waals surface area contributed by atoms with E-state index in [0.29, 0.717) is 12.8 Å². The van der Waals surface area contributed by atoms with Crippen LogP contribution in [-0.4, -0.2) is 11.9 Å². The van der Waals surface area contributed by atoms with Crippen LogP contribution in [0.5, 0.6) is 0 Å². The Balaban J connectivity index is 2.10. The van der Waals surface area contributed by atoms with Gasteiger partial charge in [-0.05, 0) is 24.0 Å². The van der Waals surface area contributed by atoms with Gasteiger partial charge in [0.05, 0.1) is 11.8 Å². The average Bonchev–Trinajstić information content (AvgIpc) is 2.58. The molecule has 0 radical (unpaired) electrons. The number of carbonyl (C=O) groups is 2. The molecule has 0 bridgehead atoms. The summed E-state index contributed by atoms with van der Waals surface area (Å²) in [5.41, 5.74) is 1.75. The van der Waals surface area contributed by atoms with Crippen molar-refractivity contribution in [2.24, 2.45) is 0 Å². The highest BCUT2D eigenvalue weighted by atomic mass is 16.6. The second-order valence-electron chi connectivity index (χ2n) is 5.48. The van der Waals surface area contributed by atoms with E-state index in [1.807, 2.05) is 74.5 Å². The summed E-state index contributed by atoms with van der Waals surface area (Å²) in [5, 5.41) is 0. The maximum Gasteiger partial charge on any atom is 0.321 e. The van der Waals surface area contributed by atoms with Crippen LogP contribution in [0.2, 0.25) is 0 Å². The van der Waals surface area contributed by atoms with Crippen molar-refractivity contribution in [3.05, 3.63) is 71.8 Å². The monoisotopic (exact) mass is 310 g/mol. The lowest BCUT2D eigenvalue weighted by Crippen LogP contribution is -2.23. The Labute approximate surface area is 137 Å². The smallest absolute Gasteiger partial charge is 0.321 e. The van der Waals surface area contributed by atoms with Gasteiger partial charge in [-0.25, -0.2) is 0 Å². The van der Waals surface area contributed by atoms with Crippen molar-refractivity contribution in [2.75, 3.05) is 0 Å². The summed E-state index contributed by atoms with van der Waals surface area (Å²) < 4.78 is 5.19. The summed E-state index contributed by atoms with van der Waals surface area (Å²) in [6.07, 6.45) is 1.19. The molecular formula is C20H22O3. The van der Waals surface area contributed by atoms with Crippen LogP contribution in [0.4, 0.5) is 0 Å². The van der Waals surface area contributed by atoms with E-state index < -0.39 is 23.8 Å². The van der Waals surface area contributed by atoms with Gasteiger partial charge in [0.2, 0.25) is 0 Å². The molecule has 0 aliphatic heterocycles. The molecule has 120 valence electrons. The van der Waals surface area contributed by atoms with E-state index >= 15 is 0 Å². The summed E-state index contributed by atoms with van der Waals surface area (Å²) in [6.45, 7) is 3.83. The SMILES string of the molecule is CC[C@@H](C(=O)OC(=O)[C@H](CC)c1ccccc1)c1ccccc1. The lowest BCUT2D eigenvalue weighted by molar-refractivity contribution is -0.162. The van der Waals surface area contributed by atoms with Crippen LogP contribution >= 0.6 is 0 Å². The zero-order chi connectivity index (χ0) is 16.7. The Kier molecular flexibility index (Phi) is 6.10. The maximum atomic E-state index is 12.4. The largest absolute Gasteiger partial charge is 0.392 e. The molecule has 0 aliphatic rings. The van der Waals surface area contributed by atoms with Gasteiger partial charge in [0.15, 0.2) is 0 Å². The molecule has 2 atom stereocenters. The molecule has 0 unspecified atom stereocenters. The molecule has 23 heavy (non-hydrogen) atoms. The Morgan fingerprint density at radius 3 is 1.39 bits per heavy atom. The zero-order valence-electron chi connectivity index (χ0n) is 13.6. The molecule has 0 saturated heterocycles. The van der Waals surface area contributed by atoms with Gasteiger partial charge in [-0.3, -0.25) is 9.59 Å². The number of carbonyl (C=O) groups excluding carboxylic acids is 2. The van der Waals surface area contributed by atoms with Crippen LogP contribution in [0.15, 0.2) is 60.7 Å². The van der Waals surface area contributed by atoms with Crippen molar-refractivity contribution in [3.8, 4) is 0 Å². The van der Waals surface area contributed by atoms with E-state index in [2.05, 4.69) is 0 Å². The van der Waals surface area contributed by atoms with Gasteiger partial charge in [0.1, 0.15) is 0 Å². The third-order valence-corrected chi connectivity index (χ3v) is 3.99. The van der Waals surface area contributed by atoms with Gasteiger partial charge in [-0.1, -0.05) is 74.5 Å². The zero-order valence-corrected chi connectivity index (χ0v) is 13.6. The number of esters is 2. The van der Waals surface area contributed by atoms with Crippen LogP contribution in [0.25, 0.3) is 0 Å². The molecule has 3 heteroatoms. The highest BCUT2D eigenvalue weighted by Crippen LogP contribution is 2.25. The minimum atomic E-state index is -0.474. The third-order valence-electron chi connectivity index (χ3n) is 3.99. The van der Waals surface area contributed by atoms with E-state index in [0.717, 1.165) is 11.1 Å². The number of rotatable bonds is 6. The molecular weight excluding hydrogens is 288 g/mol. The first-order valence-electron chi connectivity index (χ1n) is 8.02. The Morgan fingerprint density at radius 1 is 0.739 bits per heavy atom. The van der Waals surface area contributed by atoms with E-state index in [4.69, 9.17) is 4.74 Å². The third kappa shape index (κ3) is 4.28. The Hall–Kier alpha value is -2.42. The second-order valence-corrected chi connectivity index (χ2v) is 5.48. The first kappa shape index (κ1) is 16.9. The molecule has 3 nitrogen and oxygen atoms in total. The van der Waals surface area contributed by atoms with E-state index in [-0.39, 0.29) is 0 Å². The van der Waals surface area contributed by atoms with Crippen molar-refractivity contribution in [2.45, 2.75) is 38.5 Å². The molecule has 0 saturated carbocycles. The van der Waals surface area contributed by atoms with Crippen molar-refractivity contribution >= 4 is 11.9 Å². The quantitative estimate of drug-likeness (QED) is 0.585. The number of hydrogen-bond donors (Lipinski definition) is 0. The minimum Gasteiger partial charge on any atom is -0.392 e. The summed E-state index contributed by atoms with van der Waals surface area (Å²) in [5.74, 6) is -1.77. The van der Waals surface area contributed by atoms with Crippen molar-refractivity contribution in [1.29, 1.82) is 0 Å². The van der Waals surface area contributed by atoms with Crippen molar-refractivity contribution in [1.82, 2.24) is 0 Å². The highest BCUT2D eigenvalue weighted by molar-refractivity contribution is 5.92. The van der Waals surface area contributed by atoms with Gasteiger partial charge < -0.3 is 4.74 Å². The fraction of sp³-hybridized carbons (Fsp3) is 0.300. The summed E-state index contributed by atoms with van der Waals surface area (Å²) in [6, 6.07) is 18.9. The summed E-state index contributed by atoms with van der Waals surface area (Å²) in [7, 11) is 0. The first-order chi connectivity index (χ1) is 11.2. The number of benzene rings is 2. The molecule has 0 N–H and O–H groups in total. The van der Waals surface area contributed by atoms with Crippen LogP contribution in [0.1, 0.15) is 49.7 Å². The molecule has 2 aromatic rings. The molecule has 0 amide bonds. The molecule has 0 spiro atoms. The van der Waals surface area contributed by atoms with Gasteiger partial charge in [0, 0.05) is 0 Å². The Bertz CT molecular complexity index is 577. The molecule has 0 fully saturated rings. The maximum absolute atomic E-state index is 12.4. The average molecular weight is 310 g/mol. The van der Waals surface area contributed by atoms with Gasteiger partial charge >= 0.3 is 11.9 Å². The van der Waals surface area contributed by atoms with Crippen LogP contribution in [-0.2, 0) is 14.3 Å². The fourth-order valence-electron chi connectivity index (χ4n) is 2.69. The topological polar surface area (TPSA) is 43.4 Å². The minimum absolute atomic E-state index is 0.409. The normalized spacial score (nSPS) is 13.1. The lowest BCUT2D eigenvalue weighted by Gasteiger charge is -2.17. The molecule has 0 aliphatic carbocycles. The van der Waals surface area contributed by atoms with E-state index in [1.165, 1.54) is 0 Å². The van der Waals surface area contributed by atoms with Crippen molar-refractivity contribution < 1.29 is 14.3 Å². The van der Waals surface area contributed by atoms with E-state index in [1.54, 1.807) is 0 Å². The standard InChI is InChI=1S/C20H22O3/c1-3-17(15-11-7-5-8-12-15)19(21)23-20(22)18(4-2)16-13-9-6-10-14-16/h5-14,17-18H,3-4H2,1-2H3/t17-,18-/m1/s1. The summed E-state index contributed by atoms with van der Waals surface area (Å²) >= 11 is 0. The number of hydrogen-bond acceptors (Lipinski definition) is 3. The summed E-state index contributed by atoms with van der Waals surface area (Å²) in [4.78, 5) is 24.8. The van der Waals surface area contributed by atoms with Crippen molar-refractivity contribution in [3.63, 3.8) is 0 Å². The molecule has 0 aromatic heterocycles. The van der Waals surface area contributed by atoms with Gasteiger partial charge in [0.25, 0.3) is 0 Å². The van der Waals surface area contributed by atoms with Gasteiger partial charge in [-0.15, -0.1) is 0 Å². The highest BCUT2D eigenvalue weighted by Gasteiger charge is 2.27. The predicted molar refractivity (Wildman–Crippen MR) is 90.0 cm³/mol. The lowest BCUT2D eigenvalue weighted by atomic mass is 9.95. The Morgan fingerprint density at radius 2 is 1.09 bits per heavy atom. The van der Waals surface area contributed by atoms with Crippen LogP contribution in [0.3, 0.4) is 0 Å². The molecule has 2 aromatic carbocycles. The fourth-order valence-corrected chi connectivity index (χ4v) is 2.69.